The third-order valence-corrected chi connectivity index (χ3v) is 1.74. The lowest BCUT2D eigenvalue weighted by molar-refractivity contribution is 0.0500. The summed E-state index contributed by atoms with van der Waals surface area (Å²) < 4.78 is 5.03. The number of benzene rings is 1. The molecule has 3 N–H and O–H groups in total. The first kappa shape index (κ1) is 12.7. The van der Waals surface area contributed by atoms with Gasteiger partial charge in [-0.1, -0.05) is 31.5 Å². The Hall–Kier alpha value is -1.35. The summed E-state index contributed by atoms with van der Waals surface area (Å²) in [5, 5.41) is 0. The van der Waals surface area contributed by atoms with Crippen LogP contribution in [-0.2, 0) is 4.74 Å². The molecule has 0 aliphatic carbocycles. The van der Waals surface area contributed by atoms with Crippen LogP contribution in [0.4, 0.5) is 0 Å². The van der Waals surface area contributed by atoms with Crippen LogP contribution >= 0.6 is 0 Å². The highest BCUT2D eigenvalue weighted by molar-refractivity contribution is 5.89. The molecular formula is C11H17NO2. The summed E-state index contributed by atoms with van der Waals surface area (Å²) >= 11 is 0. The number of carbonyl (C=O) groups is 1. The molecule has 3 heteroatoms. The van der Waals surface area contributed by atoms with E-state index in [4.69, 9.17) is 4.74 Å². The van der Waals surface area contributed by atoms with Crippen LogP contribution in [0.3, 0.4) is 0 Å². The first-order chi connectivity index (χ1) is 6.34. The molecule has 3 nitrogen and oxygen atoms in total. The molecule has 0 unspecified atom stereocenters. The van der Waals surface area contributed by atoms with Gasteiger partial charge < -0.3 is 10.9 Å². The zero-order valence-corrected chi connectivity index (χ0v) is 8.53. The third kappa shape index (κ3) is 4.05. The predicted molar refractivity (Wildman–Crippen MR) is 56.7 cm³/mol. The minimum absolute atomic E-state index is 0. The first-order valence-electron chi connectivity index (χ1n) is 4.56. The zero-order valence-electron chi connectivity index (χ0n) is 8.53. The Morgan fingerprint density at radius 2 is 1.93 bits per heavy atom. The van der Waals surface area contributed by atoms with E-state index in [2.05, 4.69) is 6.92 Å². The highest BCUT2D eigenvalue weighted by atomic mass is 16.5. The number of hydrogen-bond donors (Lipinski definition) is 1. The average molecular weight is 195 g/mol. The van der Waals surface area contributed by atoms with E-state index in [0.717, 1.165) is 12.8 Å². The lowest BCUT2D eigenvalue weighted by Crippen LogP contribution is -2.05. The van der Waals surface area contributed by atoms with Crippen molar-refractivity contribution in [2.75, 3.05) is 6.61 Å². The normalized spacial score (nSPS) is 8.93. The monoisotopic (exact) mass is 195 g/mol. The van der Waals surface area contributed by atoms with Gasteiger partial charge in [-0.25, -0.2) is 4.79 Å². The maximum atomic E-state index is 11.3. The quantitative estimate of drug-likeness (QED) is 0.593. The Labute approximate surface area is 84.7 Å². The van der Waals surface area contributed by atoms with Crippen LogP contribution < -0.4 is 6.15 Å². The van der Waals surface area contributed by atoms with Crippen LogP contribution in [0.2, 0.25) is 0 Å². The van der Waals surface area contributed by atoms with Gasteiger partial charge in [-0.2, -0.15) is 0 Å². The standard InChI is InChI=1S/C11H14O2.H3N/c1-2-3-9-13-11(12)10-7-5-4-6-8-10;/h4-8H,2-3,9H2,1H3;1H3. The molecular weight excluding hydrogens is 178 g/mol. The molecule has 0 atom stereocenters. The molecule has 0 aromatic heterocycles. The van der Waals surface area contributed by atoms with Crippen LogP contribution in [0.5, 0.6) is 0 Å². The zero-order chi connectivity index (χ0) is 9.52. The van der Waals surface area contributed by atoms with Gasteiger partial charge in [0.2, 0.25) is 0 Å². The Morgan fingerprint density at radius 1 is 1.29 bits per heavy atom. The van der Waals surface area contributed by atoms with Crippen LogP contribution in [0.15, 0.2) is 30.3 Å². The molecule has 0 spiro atoms. The van der Waals surface area contributed by atoms with Gasteiger partial charge in [0.1, 0.15) is 0 Å². The number of ether oxygens (including phenoxy) is 1. The molecule has 14 heavy (non-hydrogen) atoms. The molecule has 1 rings (SSSR count). The fourth-order valence-electron chi connectivity index (χ4n) is 0.967. The van der Waals surface area contributed by atoms with E-state index < -0.39 is 0 Å². The molecule has 0 heterocycles. The van der Waals surface area contributed by atoms with Crippen molar-refractivity contribution in [3.63, 3.8) is 0 Å². The van der Waals surface area contributed by atoms with Gasteiger partial charge in [0.25, 0.3) is 0 Å². The summed E-state index contributed by atoms with van der Waals surface area (Å²) in [6, 6.07) is 9.05. The van der Waals surface area contributed by atoms with Gasteiger partial charge in [-0.15, -0.1) is 0 Å². The maximum absolute atomic E-state index is 11.3. The highest BCUT2D eigenvalue weighted by Crippen LogP contribution is 2.01. The highest BCUT2D eigenvalue weighted by Gasteiger charge is 2.03. The van der Waals surface area contributed by atoms with Gasteiger partial charge in [0.05, 0.1) is 12.2 Å². The number of unbranched alkanes of at least 4 members (excludes halogenated alkanes) is 1. The van der Waals surface area contributed by atoms with Crippen molar-refractivity contribution < 1.29 is 9.53 Å². The van der Waals surface area contributed by atoms with Crippen LogP contribution in [0.1, 0.15) is 30.1 Å². The summed E-state index contributed by atoms with van der Waals surface area (Å²) in [6.45, 7) is 2.58. The van der Waals surface area contributed by atoms with Crippen molar-refractivity contribution in [3.05, 3.63) is 35.9 Å². The van der Waals surface area contributed by atoms with E-state index in [0.29, 0.717) is 12.2 Å². The second kappa shape index (κ2) is 7.09. The third-order valence-electron chi connectivity index (χ3n) is 1.74. The number of carbonyl (C=O) groups excluding carboxylic acids is 1. The first-order valence-corrected chi connectivity index (χ1v) is 4.56. The Kier molecular flexibility index (Phi) is 6.41. The van der Waals surface area contributed by atoms with Crippen LogP contribution in [-0.4, -0.2) is 12.6 Å². The van der Waals surface area contributed by atoms with Gasteiger partial charge in [-0.05, 0) is 18.6 Å². The number of esters is 1. The molecule has 0 amide bonds. The lowest BCUT2D eigenvalue weighted by atomic mass is 10.2. The molecule has 0 aliphatic rings. The van der Waals surface area contributed by atoms with Crippen molar-refractivity contribution in [1.82, 2.24) is 6.15 Å². The summed E-state index contributed by atoms with van der Waals surface area (Å²) in [5.74, 6) is -0.228. The fraction of sp³-hybridized carbons (Fsp3) is 0.364. The van der Waals surface area contributed by atoms with E-state index in [1.165, 1.54) is 0 Å². The SMILES string of the molecule is CCCCOC(=O)c1ccccc1.N. The smallest absolute Gasteiger partial charge is 0.338 e. The topological polar surface area (TPSA) is 61.3 Å². The van der Waals surface area contributed by atoms with E-state index in [-0.39, 0.29) is 12.1 Å². The predicted octanol–water partition coefficient (Wildman–Crippen LogP) is 2.81. The van der Waals surface area contributed by atoms with Gasteiger partial charge in [0, 0.05) is 0 Å². The van der Waals surface area contributed by atoms with Crippen LogP contribution in [0.25, 0.3) is 0 Å². The molecule has 0 aliphatic heterocycles. The van der Waals surface area contributed by atoms with Gasteiger partial charge in [0.15, 0.2) is 0 Å². The van der Waals surface area contributed by atoms with Crippen molar-refractivity contribution in [3.8, 4) is 0 Å². The molecule has 0 radical (unpaired) electrons. The minimum atomic E-state index is -0.228. The average Bonchev–Trinajstić information content (AvgIpc) is 2.19. The molecule has 0 saturated heterocycles. The Morgan fingerprint density at radius 3 is 2.50 bits per heavy atom. The summed E-state index contributed by atoms with van der Waals surface area (Å²) in [6.07, 6.45) is 1.97. The molecule has 0 fully saturated rings. The van der Waals surface area contributed by atoms with Crippen molar-refractivity contribution in [1.29, 1.82) is 0 Å². The molecule has 0 saturated carbocycles. The fourth-order valence-corrected chi connectivity index (χ4v) is 0.967. The van der Waals surface area contributed by atoms with E-state index in [1.54, 1.807) is 12.1 Å². The largest absolute Gasteiger partial charge is 0.462 e. The maximum Gasteiger partial charge on any atom is 0.338 e. The van der Waals surface area contributed by atoms with Crippen molar-refractivity contribution in [2.24, 2.45) is 0 Å². The van der Waals surface area contributed by atoms with Crippen molar-refractivity contribution >= 4 is 5.97 Å². The summed E-state index contributed by atoms with van der Waals surface area (Å²) in [7, 11) is 0. The summed E-state index contributed by atoms with van der Waals surface area (Å²) in [4.78, 5) is 11.3. The number of rotatable bonds is 4. The summed E-state index contributed by atoms with van der Waals surface area (Å²) in [5.41, 5.74) is 0.624. The van der Waals surface area contributed by atoms with Gasteiger partial charge in [-0.3, -0.25) is 0 Å². The second-order valence-corrected chi connectivity index (χ2v) is 2.86. The van der Waals surface area contributed by atoms with E-state index >= 15 is 0 Å². The molecule has 1 aromatic rings. The Balaban J connectivity index is 0.00000169. The molecule has 0 bridgehead atoms. The second-order valence-electron chi connectivity index (χ2n) is 2.86. The van der Waals surface area contributed by atoms with Crippen molar-refractivity contribution in [2.45, 2.75) is 19.8 Å². The molecule has 1 aromatic carbocycles. The number of hydrogen-bond acceptors (Lipinski definition) is 3. The van der Waals surface area contributed by atoms with E-state index in [9.17, 15) is 4.79 Å². The Bertz CT molecular complexity index is 259. The van der Waals surface area contributed by atoms with E-state index in [1.807, 2.05) is 18.2 Å². The van der Waals surface area contributed by atoms with Crippen LogP contribution in [0, 0.1) is 0 Å². The molecule has 78 valence electrons. The van der Waals surface area contributed by atoms with Gasteiger partial charge >= 0.3 is 5.97 Å². The lowest BCUT2D eigenvalue weighted by Gasteiger charge is -2.02. The minimum Gasteiger partial charge on any atom is -0.462 e.